The van der Waals surface area contributed by atoms with Gasteiger partial charge in [0, 0.05) is 18.3 Å². The van der Waals surface area contributed by atoms with Gasteiger partial charge in [-0.25, -0.2) is 9.97 Å². The Morgan fingerprint density at radius 3 is 2.56 bits per heavy atom. The highest BCUT2D eigenvalue weighted by molar-refractivity contribution is 5.61. The second-order valence-electron chi connectivity index (χ2n) is 5.72. The second kappa shape index (κ2) is 8.15. The third kappa shape index (κ3) is 4.47. The molecule has 0 atom stereocenters. The predicted octanol–water partition coefficient (Wildman–Crippen LogP) is 4.19. The van der Waals surface area contributed by atoms with E-state index in [1.165, 1.54) is 11.1 Å². The molecule has 25 heavy (non-hydrogen) atoms. The summed E-state index contributed by atoms with van der Waals surface area (Å²) in [5.74, 6) is 2.47. The van der Waals surface area contributed by atoms with Gasteiger partial charge in [0.2, 0.25) is 0 Å². The van der Waals surface area contributed by atoms with E-state index < -0.39 is 0 Å². The highest BCUT2D eigenvalue weighted by atomic mass is 16.5. The SMILES string of the molecule is COc1ccccc1CCNc1cc(Nc2ccccc2C)ncn1. The number of nitrogens with zero attached hydrogens (tertiary/aromatic N) is 2. The molecule has 128 valence electrons. The van der Waals surface area contributed by atoms with Gasteiger partial charge >= 0.3 is 0 Å². The standard InChI is InChI=1S/C20H22N4O/c1-15-7-3-5-9-17(15)24-20-13-19(22-14-23-20)21-12-11-16-8-4-6-10-18(16)25-2/h3-10,13-14H,11-12H2,1-2H3,(H2,21,22,23,24). The summed E-state index contributed by atoms with van der Waals surface area (Å²) >= 11 is 0. The van der Waals surface area contributed by atoms with Crippen molar-refractivity contribution in [1.29, 1.82) is 0 Å². The van der Waals surface area contributed by atoms with Crippen LogP contribution in [0.3, 0.4) is 0 Å². The van der Waals surface area contributed by atoms with Crippen LogP contribution < -0.4 is 15.4 Å². The lowest BCUT2D eigenvalue weighted by molar-refractivity contribution is 0.410. The highest BCUT2D eigenvalue weighted by Gasteiger charge is 2.03. The summed E-state index contributed by atoms with van der Waals surface area (Å²) in [7, 11) is 1.69. The third-order valence-electron chi connectivity index (χ3n) is 3.97. The topological polar surface area (TPSA) is 59.1 Å². The molecule has 0 fully saturated rings. The fourth-order valence-electron chi connectivity index (χ4n) is 2.61. The summed E-state index contributed by atoms with van der Waals surface area (Å²) in [6.45, 7) is 2.83. The van der Waals surface area contributed by atoms with E-state index in [4.69, 9.17) is 4.74 Å². The van der Waals surface area contributed by atoms with Crippen LogP contribution in [0.2, 0.25) is 0 Å². The molecule has 2 aromatic carbocycles. The number of hydrogen-bond acceptors (Lipinski definition) is 5. The molecule has 0 saturated carbocycles. The molecule has 0 saturated heterocycles. The quantitative estimate of drug-likeness (QED) is 0.678. The molecule has 2 N–H and O–H groups in total. The number of aryl methyl sites for hydroxylation is 1. The van der Waals surface area contributed by atoms with Gasteiger partial charge in [-0.1, -0.05) is 36.4 Å². The van der Waals surface area contributed by atoms with Crippen LogP contribution in [-0.4, -0.2) is 23.6 Å². The van der Waals surface area contributed by atoms with Crippen LogP contribution in [0.15, 0.2) is 60.9 Å². The van der Waals surface area contributed by atoms with Crippen molar-refractivity contribution in [2.45, 2.75) is 13.3 Å². The zero-order valence-corrected chi connectivity index (χ0v) is 14.5. The summed E-state index contributed by atoms with van der Waals surface area (Å²) in [6.07, 6.45) is 2.42. The largest absolute Gasteiger partial charge is 0.496 e. The van der Waals surface area contributed by atoms with Crippen LogP contribution in [0, 0.1) is 6.92 Å². The average Bonchev–Trinajstić information content (AvgIpc) is 2.64. The minimum Gasteiger partial charge on any atom is -0.496 e. The van der Waals surface area contributed by atoms with Crippen LogP contribution in [0.4, 0.5) is 17.3 Å². The van der Waals surface area contributed by atoms with Crippen LogP contribution >= 0.6 is 0 Å². The third-order valence-corrected chi connectivity index (χ3v) is 3.97. The minimum absolute atomic E-state index is 0.765. The predicted molar refractivity (Wildman–Crippen MR) is 102 cm³/mol. The van der Waals surface area contributed by atoms with Crippen LogP contribution in [-0.2, 0) is 6.42 Å². The highest BCUT2D eigenvalue weighted by Crippen LogP contribution is 2.20. The molecule has 0 aliphatic rings. The van der Waals surface area contributed by atoms with Gasteiger partial charge < -0.3 is 15.4 Å². The molecule has 5 nitrogen and oxygen atoms in total. The number of aromatic nitrogens is 2. The molecular weight excluding hydrogens is 312 g/mol. The molecule has 0 amide bonds. The maximum atomic E-state index is 5.38. The fraction of sp³-hybridized carbons (Fsp3) is 0.200. The van der Waals surface area contributed by atoms with Crippen LogP contribution in [0.5, 0.6) is 5.75 Å². The van der Waals surface area contributed by atoms with Crippen molar-refractivity contribution in [2.24, 2.45) is 0 Å². The van der Waals surface area contributed by atoms with Gasteiger partial charge in [-0.2, -0.15) is 0 Å². The van der Waals surface area contributed by atoms with Gasteiger partial charge in [-0.15, -0.1) is 0 Å². The summed E-state index contributed by atoms with van der Waals surface area (Å²) in [6, 6.07) is 18.1. The number of hydrogen-bond donors (Lipinski definition) is 2. The van der Waals surface area contributed by atoms with Gasteiger partial charge in [-0.05, 0) is 36.6 Å². The number of benzene rings is 2. The first-order chi connectivity index (χ1) is 12.3. The number of rotatable bonds is 7. The van der Waals surface area contributed by atoms with Crippen molar-refractivity contribution < 1.29 is 4.74 Å². The Labute approximate surface area is 148 Å². The van der Waals surface area contributed by atoms with Crippen molar-refractivity contribution in [1.82, 2.24) is 9.97 Å². The van der Waals surface area contributed by atoms with Crippen molar-refractivity contribution in [2.75, 3.05) is 24.3 Å². The van der Waals surface area contributed by atoms with Crippen LogP contribution in [0.25, 0.3) is 0 Å². The van der Waals surface area contributed by atoms with E-state index >= 15 is 0 Å². The first kappa shape index (κ1) is 16.8. The molecule has 0 unspecified atom stereocenters. The number of anilines is 3. The average molecular weight is 334 g/mol. The first-order valence-electron chi connectivity index (χ1n) is 8.27. The molecule has 0 bridgehead atoms. The van der Waals surface area contributed by atoms with Crippen LogP contribution in [0.1, 0.15) is 11.1 Å². The molecule has 3 aromatic rings. The minimum atomic E-state index is 0.765. The van der Waals surface area contributed by atoms with E-state index in [0.717, 1.165) is 36.0 Å². The van der Waals surface area contributed by atoms with Crippen molar-refractivity contribution in [3.05, 3.63) is 72.1 Å². The number of para-hydroxylation sites is 2. The lowest BCUT2D eigenvalue weighted by Gasteiger charge is -2.11. The zero-order valence-electron chi connectivity index (χ0n) is 14.5. The molecule has 3 rings (SSSR count). The Kier molecular flexibility index (Phi) is 5.46. The molecule has 0 spiro atoms. The Balaban J connectivity index is 1.61. The van der Waals surface area contributed by atoms with Gasteiger partial charge in [0.15, 0.2) is 0 Å². The van der Waals surface area contributed by atoms with E-state index in [2.05, 4.69) is 39.7 Å². The van der Waals surface area contributed by atoms with E-state index in [-0.39, 0.29) is 0 Å². The van der Waals surface area contributed by atoms with E-state index in [1.54, 1.807) is 13.4 Å². The monoisotopic (exact) mass is 334 g/mol. The van der Waals surface area contributed by atoms with Gasteiger partial charge in [0.05, 0.1) is 7.11 Å². The van der Waals surface area contributed by atoms with Gasteiger partial charge in [0.25, 0.3) is 0 Å². The van der Waals surface area contributed by atoms with Gasteiger partial charge in [-0.3, -0.25) is 0 Å². The van der Waals surface area contributed by atoms with Crippen molar-refractivity contribution >= 4 is 17.3 Å². The fourth-order valence-corrected chi connectivity index (χ4v) is 2.61. The molecule has 0 radical (unpaired) electrons. The van der Waals surface area contributed by atoms with Gasteiger partial charge in [0.1, 0.15) is 23.7 Å². The smallest absolute Gasteiger partial charge is 0.135 e. The molecular formula is C20H22N4O. The summed E-state index contributed by atoms with van der Waals surface area (Å²) in [5.41, 5.74) is 3.39. The second-order valence-corrected chi connectivity index (χ2v) is 5.72. The van der Waals surface area contributed by atoms with E-state index in [9.17, 15) is 0 Å². The Bertz CT molecular complexity index is 835. The number of methoxy groups -OCH3 is 1. The molecule has 1 heterocycles. The molecule has 1 aromatic heterocycles. The summed E-state index contributed by atoms with van der Waals surface area (Å²) in [4.78, 5) is 8.57. The molecule has 0 aliphatic heterocycles. The normalized spacial score (nSPS) is 10.3. The zero-order chi connectivity index (χ0) is 17.5. The summed E-state index contributed by atoms with van der Waals surface area (Å²) < 4.78 is 5.38. The van der Waals surface area contributed by atoms with Crippen molar-refractivity contribution in [3.63, 3.8) is 0 Å². The maximum absolute atomic E-state index is 5.38. The Morgan fingerprint density at radius 1 is 0.960 bits per heavy atom. The lowest BCUT2D eigenvalue weighted by atomic mass is 10.1. The number of nitrogens with one attached hydrogen (secondary N) is 2. The van der Waals surface area contributed by atoms with E-state index in [1.807, 2.05) is 42.5 Å². The Morgan fingerprint density at radius 2 is 1.72 bits per heavy atom. The maximum Gasteiger partial charge on any atom is 0.135 e. The lowest BCUT2D eigenvalue weighted by Crippen LogP contribution is -2.08. The molecule has 0 aliphatic carbocycles. The van der Waals surface area contributed by atoms with Crippen molar-refractivity contribution in [3.8, 4) is 5.75 Å². The number of ether oxygens (including phenoxy) is 1. The first-order valence-corrected chi connectivity index (χ1v) is 8.27. The summed E-state index contributed by atoms with van der Waals surface area (Å²) in [5, 5.41) is 6.67. The molecule has 5 heteroatoms. The van der Waals surface area contributed by atoms with E-state index in [0.29, 0.717) is 0 Å². The Hall–Kier alpha value is -3.08.